The van der Waals surface area contributed by atoms with Crippen LogP contribution in [0.4, 0.5) is 11.5 Å². The van der Waals surface area contributed by atoms with E-state index in [0.29, 0.717) is 6.04 Å². The van der Waals surface area contributed by atoms with Gasteiger partial charge in [-0.3, -0.25) is 4.79 Å². The number of morpholine rings is 1. The molecule has 1 aromatic heterocycles. The van der Waals surface area contributed by atoms with Crippen molar-refractivity contribution in [2.75, 3.05) is 42.6 Å². The maximum absolute atomic E-state index is 12.4. The number of anilines is 2. The first-order chi connectivity index (χ1) is 13.2. The van der Waals surface area contributed by atoms with E-state index in [2.05, 4.69) is 58.1 Å². The molecule has 5 nitrogen and oxygen atoms in total. The average Bonchev–Trinajstić information content (AvgIpc) is 3.16. The molecule has 3 unspecified atom stereocenters. The van der Waals surface area contributed by atoms with Gasteiger partial charge in [0.15, 0.2) is 0 Å². The molecule has 5 rings (SSSR count). The standard InChI is InChI=1S/C22H27N3O2/c1-15-18-14-25(19(22(15)18)11-16-5-3-2-4-6-16)20-12-17(13-21(26)23-20)24-7-9-27-10-8-24/h2-6,12-13,15,18-19,22H,7-11,14H2,1H3,(H,23,26)/t15?,18?,19-,22?/m1/s1. The summed E-state index contributed by atoms with van der Waals surface area (Å²) in [6.45, 7) is 6.56. The van der Waals surface area contributed by atoms with Crippen molar-refractivity contribution in [2.24, 2.45) is 17.8 Å². The first kappa shape index (κ1) is 16.9. The lowest BCUT2D eigenvalue weighted by molar-refractivity contribution is 0.122. The Morgan fingerprint density at radius 3 is 2.70 bits per heavy atom. The van der Waals surface area contributed by atoms with Gasteiger partial charge >= 0.3 is 0 Å². The summed E-state index contributed by atoms with van der Waals surface area (Å²) < 4.78 is 5.46. The number of H-pyrrole nitrogens is 1. The van der Waals surface area contributed by atoms with E-state index >= 15 is 0 Å². The second-order valence-corrected chi connectivity index (χ2v) is 8.20. The summed E-state index contributed by atoms with van der Waals surface area (Å²) in [4.78, 5) is 20.2. The number of ether oxygens (including phenoxy) is 1. The van der Waals surface area contributed by atoms with Gasteiger partial charge in [-0.25, -0.2) is 0 Å². The van der Waals surface area contributed by atoms with Crippen molar-refractivity contribution in [3.8, 4) is 0 Å². The summed E-state index contributed by atoms with van der Waals surface area (Å²) in [6, 6.07) is 15.1. The summed E-state index contributed by atoms with van der Waals surface area (Å²) in [5, 5.41) is 0. The Labute approximate surface area is 159 Å². The van der Waals surface area contributed by atoms with Crippen LogP contribution in [0.1, 0.15) is 12.5 Å². The number of nitrogens with zero attached hydrogens (tertiary/aromatic N) is 2. The molecule has 3 heterocycles. The minimum Gasteiger partial charge on any atom is -0.378 e. The minimum atomic E-state index is -0.0129. The molecule has 1 N–H and O–H groups in total. The van der Waals surface area contributed by atoms with Crippen LogP contribution < -0.4 is 15.4 Å². The van der Waals surface area contributed by atoms with Gasteiger partial charge in [0, 0.05) is 43.5 Å². The fourth-order valence-corrected chi connectivity index (χ4v) is 5.13. The molecular formula is C22H27N3O2. The van der Waals surface area contributed by atoms with Crippen LogP contribution in [0.25, 0.3) is 0 Å². The molecule has 3 aliphatic rings. The molecule has 1 saturated carbocycles. The van der Waals surface area contributed by atoms with Gasteiger partial charge in [-0.15, -0.1) is 0 Å². The SMILES string of the molecule is CC1C2CN(c3cc(N4CCOCC4)cc(=O)[nH]3)[C@H](Cc3ccccc3)C12. The molecule has 2 aliphatic heterocycles. The van der Waals surface area contributed by atoms with Gasteiger partial charge in [0.2, 0.25) is 0 Å². The van der Waals surface area contributed by atoms with E-state index in [1.165, 1.54) is 5.56 Å². The zero-order valence-corrected chi connectivity index (χ0v) is 15.8. The molecule has 142 valence electrons. The van der Waals surface area contributed by atoms with E-state index in [1.54, 1.807) is 6.07 Å². The van der Waals surface area contributed by atoms with Crippen molar-refractivity contribution in [3.05, 3.63) is 58.4 Å². The highest BCUT2D eigenvalue weighted by Crippen LogP contribution is 2.56. The monoisotopic (exact) mass is 365 g/mol. The van der Waals surface area contributed by atoms with Gasteiger partial charge in [-0.05, 0) is 29.7 Å². The number of nitrogens with one attached hydrogen (secondary N) is 1. The fraction of sp³-hybridized carbons (Fsp3) is 0.500. The molecule has 0 amide bonds. The van der Waals surface area contributed by atoms with Crippen LogP contribution in [0.2, 0.25) is 0 Å². The Morgan fingerprint density at radius 2 is 1.93 bits per heavy atom. The number of rotatable bonds is 4. The molecule has 3 fully saturated rings. The third-order valence-corrected chi connectivity index (χ3v) is 6.68. The van der Waals surface area contributed by atoms with Gasteiger partial charge in [0.1, 0.15) is 5.82 Å². The molecule has 4 atom stereocenters. The maximum Gasteiger partial charge on any atom is 0.251 e. The Bertz CT molecular complexity index is 859. The molecule has 1 aliphatic carbocycles. The van der Waals surface area contributed by atoms with Gasteiger partial charge in [0.25, 0.3) is 5.56 Å². The topological polar surface area (TPSA) is 48.6 Å². The number of pyridine rings is 1. The highest BCUT2D eigenvalue weighted by Gasteiger charge is 2.58. The maximum atomic E-state index is 12.4. The van der Waals surface area contributed by atoms with Crippen LogP contribution in [0.15, 0.2) is 47.3 Å². The van der Waals surface area contributed by atoms with Crippen molar-refractivity contribution in [3.63, 3.8) is 0 Å². The highest BCUT2D eigenvalue weighted by atomic mass is 16.5. The van der Waals surface area contributed by atoms with Crippen molar-refractivity contribution in [1.82, 2.24) is 4.98 Å². The van der Waals surface area contributed by atoms with Crippen LogP contribution in [-0.4, -0.2) is 43.9 Å². The van der Waals surface area contributed by atoms with Crippen molar-refractivity contribution >= 4 is 11.5 Å². The zero-order valence-electron chi connectivity index (χ0n) is 15.8. The third-order valence-electron chi connectivity index (χ3n) is 6.68. The highest BCUT2D eigenvalue weighted by molar-refractivity contribution is 5.57. The zero-order chi connectivity index (χ0) is 18.4. The van der Waals surface area contributed by atoms with E-state index in [9.17, 15) is 4.79 Å². The third kappa shape index (κ3) is 3.14. The smallest absolute Gasteiger partial charge is 0.251 e. The lowest BCUT2D eigenvalue weighted by Gasteiger charge is -2.33. The number of fused-ring (bicyclic) bond motifs is 1. The molecule has 5 heteroatoms. The molecule has 0 radical (unpaired) electrons. The number of hydrogen-bond donors (Lipinski definition) is 1. The van der Waals surface area contributed by atoms with Crippen molar-refractivity contribution < 1.29 is 4.74 Å². The number of benzene rings is 1. The minimum absolute atomic E-state index is 0.0129. The Hall–Kier alpha value is -2.27. The molecule has 0 bridgehead atoms. The molecule has 0 spiro atoms. The van der Waals surface area contributed by atoms with Gasteiger partial charge in [0.05, 0.1) is 13.2 Å². The van der Waals surface area contributed by atoms with E-state index in [0.717, 1.165) is 68.5 Å². The molecular weight excluding hydrogens is 338 g/mol. The summed E-state index contributed by atoms with van der Waals surface area (Å²) in [5.74, 6) is 3.27. The molecule has 2 aromatic rings. The van der Waals surface area contributed by atoms with E-state index in [-0.39, 0.29) is 5.56 Å². The van der Waals surface area contributed by atoms with Gasteiger partial charge in [-0.1, -0.05) is 37.3 Å². The first-order valence-corrected chi connectivity index (χ1v) is 10.1. The Kier molecular flexibility index (Phi) is 4.20. The van der Waals surface area contributed by atoms with E-state index < -0.39 is 0 Å². The lowest BCUT2D eigenvalue weighted by atomic mass is 10.0. The number of hydrogen-bond acceptors (Lipinski definition) is 4. The number of piperidine rings is 1. The molecule has 27 heavy (non-hydrogen) atoms. The van der Waals surface area contributed by atoms with E-state index in [1.807, 2.05) is 0 Å². The van der Waals surface area contributed by atoms with Crippen LogP contribution in [-0.2, 0) is 11.2 Å². The quantitative estimate of drug-likeness (QED) is 0.905. The average molecular weight is 365 g/mol. The predicted octanol–water partition coefficient (Wildman–Crippen LogP) is 2.52. The molecule has 2 saturated heterocycles. The number of aromatic nitrogens is 1. The van der Waals surface area contributed by atoms with Gasteiger partial charge in [-0.2, -0.15) is 0 Å². The summed E-state index contributed by atoms with van der Waals surface area (Å²) in [6.07, 6.45) is 1.04. The fourth-order valence-electron chi connectivity index (χ4n) is 5.13. The second kappa shape index (κ2) is 6.71. The van der Waals surface area contributed by atoms with E-state index in [4.69, 9.17) is 4.74 Å². The summed E-state index contributed by atoms with van der Waals surface area (Å²) >= 11 is 0. The summed E-state index contributed by atoms with van der Waals surface area (Å²) in [7, 11) is 0. The molecule has 1 aromatic carbocycles. The lowest BCUT2D eigenvalue weighted by Crippen LogP contribution is -2.39. The van der Waals surface area contributed by atoms with Crippen molar-refractivity contribution in [2.45, 2.75) is 19.4 Å². The number of aromatic amines is 1. The predicted molar refractivity (Wildman–Crippen MR) is 108 cm³/mol. The van der Waals surface area contributed by atoms with Crippen LogP contribution in [0.3, 0.4) is 0 Å². The summed E-state index contributed by atoms with van der Waals surface area (Å²) in [5.41, 5.74) is 2.38. The largest absolute Gasteiger partial charge is 0.378 e. The first-order valence-electron chi connectivity index (χ1n) is 10.1. The normalized spacial score (nSPS) is 29.7. The Balaban J connectivity index is 1.44. The van der Waals surface area contributed by atoms with Crippen LogP contribution in [0, 0.1) is 17.8 Å². The second-order valence-electron chi connectivity index (χ2n) is 8.20. The van der Waals surface area contributed by atoms with Crippen molar-refractivity contribution in [1.29, 1.82) is 0 Å². The Morgan fingerprint density at radius 1 is 1.15 bits per heavy atom. The van der Waals surface area contributed by atoms with Crippen LogP contribution in [0.5, 0.6) is 0 Å². The van der Waals surface area contributed by atoms with Gasteiger partial charge < -0.3 is 19.5 Å². The van der Waals surface area contributed by atoms with Crippen LogP contribution >= 0.6 is 0 Å².